The molecule has 5 nitrogen and oxygen atoms in total. The van der Waals surface area contributed by atoms with E-state index in [-0.39, 0.29) is 17.9 Å². The van der Waals surface area contributed by atoms with Crippen LogP contribution in [-0.2, 0) is 16.0 Å². The van der Waals surface area contributed by atoms with Crippen LogP contribution in [0.5, 0.6) is 0 Å². The molecular weight excluding hydrogens is 266 g/mol. The van der Waals surface area contributed by atoms with Crippen LogP contribution in [0.4, 0.5) is 0 Å². The molecule has 1 aliphatic rings. The Bertz CT molecular complexity index is 488. The van der Waals surface area contributed by atoms with Crippen LogP contribution in [0.25, 0.3) is 0 Å². The summed E-state index contributed by atoms with van der Waals surface area (Å²) in [6.07, 6.45) is 2.07. The van der Waals surface area contributed by atoms with Gasteiger partial charge in [0.15, 0.2) is 0 Å². The number of carbonyl (C=O) groups is 2. The number of nitrogens with one attached hydrogen (secondary N) is 1. The molecule has 1 saturated heterocycles. The molecule has 0 aliphatic carbocycles. The maximum absolute atomic E-state index is 12.2. The van der Waals surface area contributed by atoms with E-state index < -0.39 is 6.04 Å². The Morgan fingerprint density at radius 3 is 2.76 bits per heavy atom. The molecule has 0 radical (unpaired) electrons. The molecule has 2 amide bonds. The normalized spacial score (nSPS) is 19.3. The quantitative estimate of drug-likeness (QED) is 0.837. The Morgan fingerprint density at radius 2 is 2.10 bits per heavy atom. The van der Waals surface area contributed by atoms with Crippen molar-refractivity contribution in [2.75, 3.05) is 13.1 Å². The van der Waals surface area contributed by atoms with Crippen LogP contribution in [0.1, 0.15) is 25.3 Å². The van der Waals surface area contributed by atoms with E-state index in [2.05, 4.69) is 5.32 Å². The Kier molecular flexibility index (Phi) is 5.33. The minimum absolute atomic E-state index is 0.0316. The summed E-state index contributed by atoms with van der Waals surface area (Å²) in [5.41, 5.74) is 6.70. The van der Waals surface area contributed by atoms with Gasteiger partial charge in [-0.3, -0.25) is 9.59 Å². The fourth-order valence-corrected chi connectivity index (χ4v) is 2.49. The molecule has 21 heavy (non-hydrogen) atoms. The number of hydrogen-bond donors (Lipinski definition) is 2. The topological polar surface area (TPSA) is 75.4 Å². The first-order chi connectivity index (χ1) is 10.1. The van der Waals surface area contributed by atoms with Crippen LogP contribution >= 0.6 is 0 Å². The van der Waals surface area contributed by atoms with E-state index in [9.17, 15) is 9.59 Å². The van der Waals surface area contributed by atoms with Crippen molar-refractivity contribution in [3.05, 3.63) is 35.9 Å². The Morgan fingerprint density at radius 1 is 1.38 bits per heavy atom. The maximum atomic E-state index is 12.2. The fourth-order valence-electron chi connectivity index (χ4n) is 2.49. The number of aryl methyl sites for hydroxylation is 1. The molecule has 0 saturated carbocycles. The number of nitrogens with zero attached hydrogens (tertiary/aromatic N) is 1. The van der Waals surface area contributed by atoms with Gasteiger partial charge in [0.05, 0.1) is 6.04 Å². The minimum atomic E-state index is -0.507. The number of amides is 2. The van der Waals surface area contributed by atoms with Crippen LogP contribution in [0.2, 0.25) is 0 Å². The maximum Gasteiger partial charge on any atom is 0.236 e. The van der Waals surface area contributed by atoms with Gasteiger partial charge in [-0.2, -0.15) is 0 Å². The molecule has 114 valence electrons. The van der Waals surface area contributed by atoms with Gasteiger partial charge in [0.25, 0.3) is 0 Å². The second-order valence-electron chi connectivity index (χ2n) is 5.61. The summed E-state index contributed by atoms with van der Waals surface area (Å²) in [5, 5.41) is 2.88. The Hall–Kier alpha value is -1.88. The molecule has 1 aromatic rings. The number of nitrogens with two attached hydrogens (primary N) is 1. The second-order valence-corrected chi connectivity index (χ2v) is 5.61. The summed E-state index contributed by atoms with van der Waals surface area (Å²) < 4.78 is 0. The van der Waals surface area contributed by atoms with Crippen molar-refractivity contribution in [1.29, 1.82) is 0 Å². The zero-order valence-corrected chi connectivity index (χ0v) is 12.4. The molecule has 0 bridgehead atoms. The molecule has 1 fully saturated rings. The van der Waals surface area contributed by atoms with Gasteiger partial charge >= 0.3 is 0 Å². The molecule has 0 spiro atoms. The number of hydrogen-bond acceptors (Lipinski definition) is 3. The molecule has 0 aromatic heterocycles. The van der Waals surface area contributed by atoms with Crippen LogP contribution in [0.3, 0.4) is 0 Å². The average molecular weight is 289 g/mol. The summed E-state index contributed by atoms with van der Waals surface area (Å²) in [4.78, 5) is 25.5. The third-order valence-electron chi connectivity index (χ3n) is 3.77. The monoisotopic (exact) mass is 289 g/mol. The number of likely N-dealkylation sites (tertiary alicyclic amines) is 1. The highest BCUT2D eigenvalue weighted by Gasteiger charge is 2.27. The summed E-state index contributed by atoms with van der Waals surface area (Å²) >= 11 is 0. The molecule has 3 N–H and O–H groups in total. The fraction of sp³-hybridized carbons (Fsp3) is 0.500. The molecule has 2 atom stereocenters. The van der Waals surface area contributed by atoms with Crippen LogP contribution in [-0.4, -0.2) is 41.9 Å². The second kappa shape index (κ2) is 7.22. The summed E-state index contributed by atoms with van der Waals surface area (Å²) in [6, 6.07) is 9.52. The van der Waals surface area contributed by atoms with Crippen molar-refractivity contribution in [3.8, 4) is 0 Å². The largest absolute Gasteiger partial charge is 0.350 e. The van der Waals surface area contributed by atoms with Crippen LogP contribution in [0.15, 0.2) is 30.3 Å². The summed E-state index contributed by atoms with van der Waals surface area (Å²) in [7, 11) is 0. The SMILES string of the molecule is C[C@@H](N)C(=O)NC1CCN(C(=O)CCc2ccccc2)C1. The highest BCUT2D eigenvalue weighted by molar-refractivity contribution is 5.81. The zero-order chi connectivity index (χ0) is 15.2. The molecule has 2 rings (SSSR count). The van der Waals surface area contributed by atoms with Gasteiger partial charge in [0.1, 0.15) is 0 Å². The van der Waals surface area contributed by atoms with Gasteiger partial charge in [-0.05, 0) is 25.3 Å². The van der Waals surface area contributed by atoms with Gasteiger partial charge in [0, 0.05) is 25.6 Å². The van der Waals surface area contributed by atoms with Crippen molar-refractivity contribution in [1.82, 2.24) is 10.2 Å². The Balaban J connectivity index is 1.76. The number of carbonyl (C=O) groups excluding carboxylic acids is 2. The van der Waals surface area contributed by atoms with Crippen LogP contribution < -0.4 is 11.1 Å². The molecule has 5 heteroatoms. The van der Waals surface area contributed by atoms with Gasteiger partial charge in [-0.1, -0.05) is 30.3 Å². The molecular formula is C16H23N3O2. The van der Waals surface area contributed by atoms with Gasteiger partial charge in [0.2, 0.25) is 11.8 Å². The predicted molar refractivity (Wildman–Crippen MR) is 81.5 cm³/mol. The van der Waals surface area contributed by atoms with Gasteiger partial charge in [-0.25, -0.2) is 0 Å². The van der Waals surface area contributed by atoms with Gasteiger partial charge in [-0.15, -0.1) is 0 Å². The zero-order valence-electron chi connectivity index (χ0n) is 12.4. The van der Waals surface area contributed by atoms with Crippen molar-refractivity contribution < 1.29 is 9.59 Å². The first-order valence-corrected chi connectivity index (χ1v) is 7.44. The smallest absolute Gasteiger partial charge is 0.236 e. The lowest BCUT2D eigenvalue weighted by atomic mass is 10.1. The summed E-state index contributed by atoms with van der Waals surface area (Å²) in [5.74, 6) is -0.00464. The van der Waals surface area contributed by atoms with E-state index in [4.69, 9.17) is 5.73 Å². The molecule has 1 unspecified atom stereocenters. The third-order valence-corrected chi connectivity index (χ3v) is 3.77. The minimum Gasteiger partial charge on any atom is -0.350 e. The van der Waals surface area contributed by atoms with E-state index in [1.165, 1.54) is 5.56 Å². The first-order valence-electron chi connectivity index (χ1n) is 7.44. The highest BCUT2D eigenvalue weighted by Crippen LogP contribution is 2.12. The number of benzene rings is 1. The van der Waals surface area contributed by atoms with Crippen molar-refractivity contribution in [2.45, 2.75) is 38.3 Å². The lowest BCUT2D eigenvalue weighted by Gasteiger charge is -2.18. The molecule has 1 heterocycles. The summed E-state index contributed by atoms with van der Waals surface area (Å²) in [6.45, 7) is 2.96. The van der Waals surface area contributed by atoms with Gasteiger partial charge < -0.3 is 16.0 Å². The average Bonchev–Trinajstić information content (AvgIpc) is 2.94. The van der Waals surface area contributed by atoms with Crippen molar-refractivity contribution in [3.63, 3.8) is 0 Å². The molecule has 1 aromatic carbocycles. The predicted octanol–water partition coefficient (Wildman–Crippen LogP) is 0.684. The molecule has 1 aliphatic heterocycles. The van der Waals surface area contributed by atoms with E-state index in [1.54, 1.807) is 6.92 Å². The van der Waals surface area contributed by atoms with Crippen LogP contribution in [0, 0.1) is 0 Å². The van der Waals surface area contributed by atoms with E-state index >= 15 is 0 Å². The highest BCUT2D eigenvalue weighted by atomic mass is 16.2. The van der Waals surface area contributed by atoms with E-state index in [1.807, 2.05) is 35.2 Å². The van der Waals surface area contributed by atoms with E-state index in [0.717, 1.165) is 12.8 Å². The van der Waals surface area contributed by atoms with Crippen molar-refractivity contribution >= 4 is 11.8 Å². The third kappa shape index (κ3) is 4.56. The van der Waals surface area contributed by atoms with Crippen molar-refractivity contribution in [2.24, 2.45) is 5.73 Å². The Labute approximate surface area is 125 Å². The lowest BCUT2D eigenvalue weighted by molar-refractivity contribution is -0.130. The first kappa shape index (κ1) is 15.5. The number of rotatable bonds is 5. The standard InChI is InChI=1S/C16H23N3O2/c1-12(17)16(21)18-14-9-10-19(11-14)15(20)8-7-13-5-3-2-4-6-13/h2-6,12,14H,7-11,17H2,1H3,(H,18,21)/t12-,14?/m1/s1. The lowest BCUT2D eigenvalue weighted by Crippen LogP contribution is -2.45. The van der Waals surface area contributed by atoms with E-state index in [0.29, 0.717) is 19.5 Å².